The summed E-state index contributed by atoms with van der Waals surface area (Å²) in [5.41, 5.74) is 0. The predicted molar refractivity (Wildman–Crippen MR) is 210 cm³/mol. The summed E-state index contributed by atoms with van der Waals surface area (Å²) >= 11 is 0. The van der Waals surface area contributed by atoms with E-state index in [1.807, 2.05) is 0 Å². The Morgan fingerprint density at radius 3 is 1.51 bits per heavy atom. The molecule has 10 heteroatoms. The van der Waals surface area contributed by atoms with Crippen LogP contribution in [0.3, 0.4) is 0 Å². The lowest BCUT2D eigenvalue weighted by molar-refractivity contribution is -0.305. The van der Waals surface area contributed by atoms with E-state index in [0.717, 1.165) is 38.5 Å². The molecule has 1 aliphatic rings. The SMILES string of the molecule is CCCCCCCCCCC/C=C/CCCCC(=O)OC[C@@H](CO[C@H]1O[C@@H](CO)[C@@H](O)C(O)C1O)OC(=O)CCCCCCCCCCCCCCC. The molecule has 10 nitrogen and oxygen atoms in total. The number of rotatable bonds is 36. The van der Waals surface area contributed by atoms with Crippen LogP contribution in [-0.4, -0.2) is 89.0 Å². The minimum absolute atomic E-state index is 0.223. The number of unbranched alkanes of at least 4 members (excludes halogenated alkanes) is 23. The molecule has 4 N–H and O–H groups in total. The van der Waals surface area contributed by atoms with E-state index in [-0.39, 0.29) is 26.1 Å². The molecule has 1 aliphatic heterocycles. The van der Waals surface area contributed by atoms with Crippen molar-refractivity contribution in [3.05, 3.63) is 12.2 Å². The van der Waals surface area contributed by atoms with Crippen LogP contribution in [0.2, 0.25) is 0 Å². The monoisotopic (exact) mass is 757 g/mol. The van der Waals surface area contributed by atoms with E-state index >= 15 is 0 Å². The summed E-state index contributed by atoms with van der Waals surface area (Å²) in [5, 5.41) is 40.0. The maximum absolute atomic E-state index is 12.7. The third-order valence-electron chi connectivity index (χ3n) is 10.2. The Hall–Kier alpha value is -1.56. The van der Waals surface area contributed by atoms with Crippen molar-refractivity contribution in [2.45, 2.75) is 230 Å². The van der Waals surface area contributed by atoms with Gasteiger partial charge in [-0.05, 0) is 38.5 Å². The molecule has 0 saturated carbocycles. The minimum Gasteiger partial charge on any atom is -0.462 e. The van der Waals surface area contributed by atoms with Crippen molar-refractivity contribution in [3.63, 3.8) is 0 Å². The van der Waals surface area contributed by atoms with Gasteiger partial charge in [0.2, 0.25) is 0 Å². The molecule has 1 saturated heterocycles. The van der Waals surface area contributed by atoms with Gasteiger partial charge in [0.25, 0.3) is 0 Å². The molecule has 0 aromatic carbocycles. The first-order valence-corrected chi connectivity index (χ1v) is 21.8. The van der Waals surface area contributed by atoms with Crippen LogP contribution in [-0.2, 0) is 28.5 Å². The van der Waals surface area contributed by atoms with Crippen molar-refractivity contribution in [1.82, 2.24) is 0 Å². The van der Waals surface area contributed by atoms with Crippen molar-refractivity contribution in [3.8, 4) is 0 Å². The van der Waals surface area contributed by atoms with E-state index in [4.69, 9.17) is 18.9 Å². The van der Waals surface area contributed by atoms with E-state index in [9.17, 15) is 30.0 Å². The number of esters is 2. The molecule has 0 amide bonds. The fraction of sp³-hybridized carbons (Fsp3) is 0.907. The third kappa shape index (κ3) is 26.8. The number of ether oxygens (including phenoxy) is 4. The van der Waals surface area contributed by atoms with Crippen molar-refractivity contribution >= 4 is 11.9 Å². The van der Waals surface area contributed by atoms with Gasteiger partial charge in [-0.2, -0.15) is 0 Å². The Morgan fingerprint density at radius 2 is 1.00 bits per heavy atom. The van der Waals surface area contributed by atoms with Crippen molar-refractivity contribution in [2.75, 3.05) is 19.8 Å². The average molecular weight is 757 g/mol. The van der Waals surface area contributed by atoms with Crippen LogP contribution < -0.4 is 0 Å². The van der Waals surface area contributed by atoms with Crippen LogP contribution in [0.25, 0.3) is 0 Å². The first-order chi connectivity index (χ1) is 25.8. The Balaban J connectivity index is 2.35. The van der Waals surface area contributed by atoms with Gasteiger partial charge in [-0.3, -0.25) is 9.59 Å². The zero-order chi connectivity index (χ0) is 38.8. The summed E-state index contributed by atoms with van der Waals surface area (Å²) in [4.78, 5) is 25.2. The van der Waals surface area contributed by atoms with Crippen LogP contribution in [0.1, 0.15) is 194 Å². The van der Waals surface area contributed by atoms with Gasteiger partial charge >= 0.3 is 11.9 Å². The summed E-state index contributed by atoms with van der Waals surface area (Å²) in [5.74, 6) is -0.824. The maximum Gasteiger partial charge on any atom is 0.306 e. The van der Waals surface area contributed by atoms with Crippen molar-refractivity contribution < 1.29 is 49.0 Å². The molecule has 53 heavy (non-hydrogen) atoms. The molecule has 0 radical (unpaired) electrons. The number of allylic oxidation sites excluding steroid dienone is 2. The van der Waals surface area contributed by atoms with Gasteiger partial charge < -0.3 is 39.4 Å². The highest BCUT2D eigenvalue weighted by molar-refractivity contribution is 5.70. The molecule has 1 heterocycles. The molecule has 1 fully saturated rings. The van der Waals surface area contributed by atoms with Gasteiger partial charge in [0.05, 0.1) is 13.2 Å². The molecule has 0 aromatic heterocycles. The van der Waals surface area contributed by atoms with Gasteiger partial charge in [0, 0.05) is 12.8 Å². The highest BCUT2D eigenvalue weighted by atomic mass is 16.7. The fourth-order valence-electron chi connectivity index (χ4n) is 6.65. The summed E-state index contributed by atoms with van der Waals surface area (Å²) in [6.07, 6.45) is 27.9. The van der Waals surface area contributed by atoms with E-state index in [2.05, 4.69) is 26.0 Å². The Labute approximate surface area is 322 Å². The van der Waals surface area contributed by atoms with Crippen LogP contribution in [0.5, 0.6) is 0 Å². The highest BCUT2D eigenvalue weighted by Gasteiger charge is 2.44. The van der Waals surface area contributed by atoms with E-state index in [0.29, 0.717) is 12.8 Å². The van der Waals surface area contributed by atoms with E-state index < -0.39 is 55.4 Å². The first-order valence-electron chi connectivity index (χ1n) is 21.8. The number of carbonyl (C=O) groups is 2. The number of hydrogen-bond donors (Lipinski definition) is 4. The predicted octanol–water partition coefficient (Wildman–Crippen LogP) is 8.78. The van der Waals surface area contributed by atoms with Crippen LogP contribution in [0.15, 0.2) is 12.2 Å². The smallest absolute Gasteiger partial charge is 0.306 e. The minimum atomic E-state index is -1.59. The van der Waals surface area contributed by atoms with Crippen LogP contribution in [0, 0.1) is 0 Å². The molecular weight excluding hydrogens is 676 g/mol. The Morgan fingerprint density at radius 1 is 0.566 bits per heavy atom. The topological polar surface area (TPSA) is 152 Å². The summed E-state index contributed by atoms with van der Waals surface area (Å²) in [6.45, 7) is 3.41. The Bertz CT molecular complexity index is 881. The molecule has 0 aromatic rings. The summed E-state index contributed by atoms with van der Waals surface area (Å²) in [6, 6.07) is 0. The van der Waals surface area contributed by atoms with Crippen LogP contribution in [0.4, 0.5) is 0 Å². The molecular formula is C43H80O10. The van der Waals surface area contributed by atoms with Crippen LogP contribution >= 0.6 is 0 Å². The number of carbonyl (C=O) groups excluding carboxylic acids is 2. The second-order valence-corrected chi connectivity index (χ2v) is 15.2. The third-order valence-corrected chi connectivity index (χ3v) is 10.2. The van der Waals surface area contributed by atoms with Gasteiger partial charge in [-0.1, -0.05) is 154 Å². The molecule has 0 bridgehead atoms. The fourth-order valence-corrected chi connectivity index (χ4v) is 6.65. The zero-order valence-corrected chi connectivity index (χ0v) is 33.8. The lowest BCUT2D eigenvalue weighted by Gasteiger charge is -2.39. The van der Waals surface area contributed by atoms with Crippen molar-refractivity contribution in [2.24, 2.45) is 0 Å². The second-order valence-electron chi connectivity index (χ2n) is 15.2. The Kier molecular flexibility index (Phi) is 32.6. The molecule has 312 valence electrons. The maximum atomic E-state index is 12.7. The zero-order valence-electron chi connectivity index (χ0n) is 33.8. The van der Waals surface area contributed by atoms with Gasteiger partial charge in [0.15, 0.2) is 12.4 Å². The largest absolute Gasteiger partial charge is 0.462 e. The lowest BCUT2D eigenvalue weighted by atomic mass is 9.99. The average Bonchev–Trinajstić information content (AvgIpc) is 3.15. The molecule has 2 unspecified atom stereocenters. The summed E-state index contributed by atoms with van der Waals surface area (Å²) < 4.78 is 22.1. The molecule has 0 spiro atoms. The van der Waals surface area contributed by atoms with E-state index in [1.54, 1.807) is 0 Å². The standard InChI is InChI=1S/C43H80O10/c1-3-5-7-9-11-13-15-17-18-20-21-23-25-27-29-31-38(45)50-34-36(35-51-43-42(49)41(48)40(47)37(33-44)53-43)52-39(46)32-30-28-26-24-22-19-16-14-12-10-8-6-4-2/h21,23,36-37,40-44,47-49H,3-20,22,24-35H2,1-2H3/b23-21+/t36-,37-,40+,41?,42?,43-/m0/s1. The normalized spacial score (nSPS) is 20.9. The molecule has 6 atom stereocenters. The van der Waals surface area contributed by atoms with Crippen molar-refractivity contribution in [1.29, 1.82) is 0 Å². The number of aliphatic hydroxyl groups is 4. The molecule has 0 aliphatic carbocycles. The van der Waals surface area contributed by atoms with Gasteiger partial charge in [-0.15, -0.1) is 0 Å². The second kappa shape index (κ2) is 34.9. The first kappa shape index (κ1) is 49.5. The van der Waals surface area contributed by atoms with Gasteiger partial charge in [0.1, 0.15) is 31.0 Å². The summed E-state index contributed by atoms with van der Waals surface area (Å²) in [7, 11) is 0. The number of hydrogen-bond acceptors (Lipinski definition) is 10. The van der Waals surface area contributed by atoms with E-state index in [1.165, 1.54) is 116 Å². The molecule has 1 rings (SSSR count). The highest BCUT2D eigenvalue weighted by Crippen LogP contribution is 2.23. The van der Waals surface area contributed by atoms with Gasteiger partial charge in [-0.25, -0.2) is 0 Å². The number of aliphatic hydroxyl groups excluding tert-OH is 4. The quantitative estimate of drug-likeness (QED) is 0.0277. The lowest BCUT2D eigenvalue weighted by Crippen LogP contribution is -2.59.